The maximum Gasteiger partial charge on any atom is 0.256 e. The highest BCUT2D eigenvalue weighted by atomic mass is 19.2. The van der Waals surface area contributed by atoms with Crippen LogP contribution >= 0.6 is 0 Å². The lowest BCUT2D eigenvalue weighted by Crippen LogP contribution is -2.57. The topological polar surface area (TPSA) is 52.6 Å². The molecule has 1 atom stereocenters. The molecule has 2 rings (SSSR count). The number of piperidine rings is 1. The number of carbonyl (C=O) groups excluding carboxylic acids is 1. The molecular formula is C17H24F2N2O2. The van der Waals surface area contributed by atoms with Gasteiger partial charge in [-0.25, -0.2) is 8.78 Å². The predicted octanol–water partition coefficient (Wildman–Crippen LogP) is 2.06. The van der Waals surface area contributed by atoms with Gasteiger partial charge in [-0.05, 0) is 43.0 Å². The molecule has 128 valence electrons. The lowest BCUT2D eigenvalue weighted by atomic mass is 9.91. The van der Waals surface area contributed by atoms with E-state index in [4.69, 9.17) is 0 Å². The van der Waals surface area contributed by atoms with Crippen molar-refractivity contribution in [1.82, 2.24) is 10.2 Å². The van der Waals surface area contributed by atoms with Gasteiger partial charge in [0.1, 0.15) is 0 Å². The van der Waals surface area contributed by atoms with Gasteiger partial charge in [-0.15, -0.1) is 0 Å². The second kappa shape index (κ2) is 7.36. The average Bonchev–Trinajstić information content (AvgIpc) is 2.47. The van der Waals surface area contributed by atoms with Crippen LogP contribution in [0.3, 0.4) is 0 Å². The van der Waals surface area contributed by atoms with Gasteiger partial charge in [0.15, 0.2) is 17.2 Å². The zero-order valence-electron chi connectivity index (χ0n) is 13.6. The van der Waals surface area contributed by atoms with Crippen molar-refractivity contribution in [2.75, 3.05) is 19.6 Å². The maximum absolute atomic E-state index is 13.3. The van der Waals surface area contributed by atoms with Crippen molar-refractivity contribution < 1.29 is 18.7 Å². The molecule has 1 unspecified atom stereocenters. The zero-order chi connectivity index (χ0) is 17.0. The Kier molecular flexibility index (Phi) is 5.70. The standard InChI is InChI=1S/C17H24F2N2O2/c1-12(2)9-20-11-17(23)6-3-7-21(16(17)22)10-13-4-5-14(18)15(19)8-13/h4-5,8,12,20,23H,3,6-7,9-11H2,1-2H3. The molecule has 1 saturated heterocycles. The molecular weight excluding hydrogens is 302 g/mol. The van der Waals surface area contributed by atoms with Gasteiger partial charge in [-0.1, -0.05) is 19.9 Å². The first-order valence-corrected chi connectivity index (χ1v) is 7.98. The fourth-order valence-corrected chi connectivity index (χ4v) is 2.81. The molecule has 1 aromatic carbocycles. The van der Waals surface area contributed by atoms with E-state index in [1.807, 2.05) is 0 Å². The molecule has 23 heavy (non-hydrogen) atoms. The first-order chi connectivity index (χ1) is 10.8. The van der Waals surface area contributed by atoms with Crippen LogP contribution in [0.25, 0.3) is 0 Å². The van der Waals surface area contributed by atoms with Crippen LogP contribution in [-0.4, -0.2) is 41.1 Å². The highest BCUT2D eigenvalue weighted by molar-refractivity contribution is 5.86. The molecule has 0 aliphatic carbocycles. The van der Waals surface area contributed by atoms with Gasteiger partial charge in [0.2, 0.25) is 0 Å². The fraction of sp³-hybridized carbons (Fsp3) is 0.588. The van der Waals surface area contributed by atoms with Crippen molar-refractivity contribution in [3.63, 3.8) is 0 Å². The molecule has 2 N–H and O–H groups in total. The van der Waals surface area contributed by atoms with Gasteiger partial charge in [0.25, 0.3) is 5.91 Å². The second-order valence-electron chi connectivity index (χ2n) is 6.64. The van der Waals surface area contributed by atoms with Crippen molar-refractivity contribution in [3.8, 4) is 0 Å². The van der Waals surface area contributed by atoms with Gasteiger partial charge >= 0.3 is 0 Å². The number of likely N-dealkylation sites (tertiary alicyclic amines) is 1. The van der Waals surface area contributed by atoms with Crippen molar-refractivity contribution >= 4 is 5.91 Å². The van der Waals surface area contributed by atoms with Gasteiger partial charge < -0.3 is 15.3 Å². The second-order valence-corrected chi connectivity index (χ2v) is 6.64. The van der Waals surface area contributed by atoms with Crippen molar-refractivity contribution in [2.45, 2.75) is 38.8 Å². The van der Waals surface area contributed by atoms with Crippen LogP contribution in [0.15, 0.2) is 18.2 Å². The number of rotatable bonds is 6. The molecule has 1 fully saturated rings. The number of nitrogens with zero attached hydrogens (tertiary/aromatic N) is 1. The summed E-state index contributed by atoms with van der Waals surface area (Å²) in [6.45, 7) is 5.70. The number of hydrogen-bond acceptors (Lipinski definition) is 3. The van der Waals surface area contributed by atoms with Crippen LogP contribution in [0, 0.1) is 17.6 Å². The largest absolute Gasteiger partial charge is 0.379 e. The molecule has 0 saturated carbocycles. The highest BCUT2D eigenvalue weighted by Crippen LogP contribution is 2.24. The Morgan fingerprint density at radius 2 is 2.09 bits per heavy atom. The van der Waals surface area contributed by atoms with E-state index in [1.54, 1.807) is 0 Å². The minimum absolute atomic E-state index is 0.169. The monoisotopic (exact) mass is 326 g/mol. The Balaban J connectivity index is 2.02. The first kappa shape index (κ1) is 17.8. The van der Waals surface area contributed by atoms with Gasteiger partial charge in [-0.2, -0.15) is 0 Å². The van der Waals surface area contributed by atoms with Crippen LogP contribution < -0.4 is 5.32 Å². The van der Waals surface area contributed by atoms with E-state index < -0.39 is 17.2 Å². The molecule has 1 heterocycles. The van der Waals surface area contributed by atoms with Crippen molar-refractivity contribution in [2.24, 2.45) is 5.92 Å². The van der Waals surface area contributed by atoms with E-state index in [2.05, 4.69) is 19.2 Å². The van der Waals surface area contributed by atoms with Crippen LogP contribution in [0.5, 0.6) is 0 Å². The molecule has 1 aliphatic heterocycles. The Hall–Kier alpha value is -1.53. The first-order valence-electron chi connectivity index (χ1n) is 7.98. The summed E-state index contributed by atoms with van der Waals surface area (Å²) in [5.74, 6) is -1.77. The smallest absolute Gasteiger partial charge is 0.256 e. The number of hydrogen-bond donors (Lipinski definition) is 2. The fourth-order valence-electron chi connectivity index (χ4n) is 2.81. The molecule has 0 aromatic heterocycles. The Morgan fingerprint density at radius 1 is 1.35 bits per heavy atom. The number of aliphatic hydroxyl groups is 1. The minimum atomic E-state index is -1.42. The zero-order valence-corrected chi connectivity index (χ0v) is 13.6. The van der Waals surface area contributed by atoms with Crippen LogP contribution in [-0.2, 0) is 11.3 Å². The Labute approximate surface area is 135 Å². The van der Waals surface area contributed by atoms with Gasteiger partial charge in [0, 0.05) is 19.6 Å². The maximum atomic E-state index is 13.3. The van der Waals surface area contributed by atoms with E-state index in [9.17, 15) is 18.7 Å². The SMILES string of the molecule is CC(C)CNCC1(O)CCCN(Cc2ccc(F)c(F)c2)C1=O. The van der Waals surface area contributed by atoms with E-state index in [0.717, 1.165) is 18.7 Å². The highest BCUT2D eigenvalue weighted by Gasteiger charge is 2.41. The van der Waals surface area contributed by atoms with Gasteiger partial charge in [0.05, 0.1) is 0 Å². The van der Waals surface area contributed by atoms with Crippen LogP contribution in [0.4, 0.5) is 8.78 Å². The third-order valence-corrected chi connectivity index (χ3v) is 4.03. The number of carbonyl (C=O) groups is 1. The predicted molar refractivity (Wildman–Crippen MR) is 83.7 cm³/mol. The molecule has 0 spiro atoms. The minimum Gasteiger partial charge on any atom is -0.379 e. The third-order valence-electron chi connectivity index (χ3n) is 4.03. The summed E-state index contributed by atoms with van der Waals surface area (Å²) < 4.78 is 26.3. The number of benzene rings is 1. The van der Waals surface area contributed by atoms with Crippen molar-refractivity contribution in [3.05, 3.63) is 35.4 Å². The van der Waals surface area contributed by atoms with E-state index in [1.165, 1.54) is 11.0 Å². The quantitative estimate of drug-likeness (QED) is 0.841. The number of amides is 1. The Morgan fingerprint density at radius 3 is 2.74 bits per heavy atom. The summed E-state index contributed by atoms with van der Waals surface area (Å²) in [7, 11) is 0. The van der Waals surface area contributed by atoms with E-state index >= 15 is 0 Å². The number of nitrogens with one attached hydrogen (secondary N) is 1. The molecule has 6 heteroatoms. The van der Waals surface area contributed by atoms with E-state index in [0.29, 0.717) is 30.9 Å². The Bertz CT molecular complexity index is 566. The summed E-state index contributed by atoms with van der Waals surface area (Å²) in [6.07, 6.45) is 1.08. The van der Waals surface area contributed by atoms with Crippen LogP contribution in [0.2, 0.25) is 0 Å². The lowest BCUT2D eigenvalue weighted by molar-refractivity contribution is -0.157. The summed E-state index contributed by atoms with van der Waals surface area (Å²) in [5.41, 5.74) is -0.914. The van der Waals surface area contributed by atoms with Gasteiger partial charge in [-0.3, -0.25) is 4.79 Å². The van der Waals surface area contributed by atoms with Crippen molar-refractivity contribution in [1.29, 1.82) is 0 Å². The molecule has 0 radical (unpaired) electrons. The molecule has 0 bridgehead atoms. The summed E-state index contributed by atoms with van der Waals surface area (Å²) in [4.78, 5) is 14.1. The third kappa shape index (κ3) is 4.48. The van der Waals surface area contributed by atoms with Crippen LogP contribution in [0.1, 0.15) is 32.3 Å². The number of halogens is 2. The molecule has 1 aliphatic rings. The van der Waals surface area contributed by atoms with E-state index in [-0.39, 0.29) is 19.0 Å². The summed E-state index contributed by atoms with van der Waals surface area (Å²) in [5, 5.41) is 13.7. The average molecular weight is 326 g/mol. The summed E-state index contributed by atoms with van der Waals surface area (Å²) >= 11 is 0. The lowest BCUT2D eigenvalue weighted by Gasteiger charge is -2.38. The summed E-state index contributed by atoms with van der Waals surface area (Å²) in [6, 6.07) is 3.60. The molecule has 4 nitrogen and oxygen atoms in total. The normalized spacial score (nSPS) is 22.0. The molecule has 1 aromatic rings. The molecule has 1 amide bonds.